The number of ether oxygens (including phenoxy) is 2. The molecule has 1 aromatic rings. The monoisotopic (exact) mass is 415 g/mol. The third-order valence-corrected chi connectivity index (χ3v) is 4.07. The van der Waals surface area contributed by atoms with Gasteiger partial charge in [-0.2, -0.15) is 0 Å². The lowest BCUT2D eigenvalue weighted by atomic mass is 10.3. The highest BCUT2D eigenvalue weighted by Gasteiger charge is 2.13. The fourth-order valence-electron chi connectivity index (χ4n) is 2.43. The van der Waals surface area contributed by atoms with Crippen LogP contribution in [0.3, 0.4) is 0 Å². The summed E-state index contributed by atoms with van der Waals surface area (Å²) in [5.74, 6) is -1.15. The predicted octanol–water partition coefficient (Wildman–Crippen LogP) is -0.472. The Morgan fingerprint density at radius 3 is 1.79 bits per heavy atom. The highest BCUT2D eigenvalue weighted by molar-refractivity contribution is 5.69. The number of hydrogen-bond donors (Lipinski definition) is 2. The van der Waals surface area contributed by atoms with Crippen molar-refractivity contribution in [1.29, 1.82) is 0 Å². The summed E-state index contributed by atoms with van der Waals surface area (Å²) in [4.78, 5) is 61.6. The van der Waals surface area contributed by atoms with Gasteiger partial charge in [0.15, 0.2) is 0 Å². The van der Waals surface area contributed by atoms with E-state index in [0.29, 0.717) is 17.4 Å². The minimum atomic E-state index is -0.938. The van der Waals surface area contributed by atoms with Gasteiger partial charge in [-0.25, -0.2) is 23.5 Å². The van der Waals surface area contributed by atoms with E-state index < -0.39 is 29.0 Å². The first-order valence-corrected chi connectivity index (χ1v) is 9.76. The molecule has 0 saturated heterocycles. The van der Waals surface area contributed by atoms with Crippen molar-refractivity contribution in [3.8, 4) is 0 Å². The first kappa shape index (κ1) is 24.3. The molecule has 0 aliphatic heterocycles. The molecule has 0 atom stereocenters. The van der Waals surface area contributed by atoms with Crippen molar-refractivity contribution in [2.24, 2.45) is 0 Å². The lowest BCUT2D eigenvalue weighted by molar-refractivity contribution is -0.144. The maximum atomic E-state index is 12.4. The SMILES string of the molecule is CCCCCOC(=O)CCn1c(=O)[nH]c(=O)n(CCC(=O)OCCCCO)c1=O. The second kappa shape index (κ2) is 13.5. The number of carbonyl (C=O) groups is 2. The van der Waals surface area contributed by atoms with Crippen molar-refractivity contribution in [2.45, 2.75) is 65.0 Å². The summed E-state index contributed by atoms with van der Waals surface area (Å²) in [5, 5.41) is 8.66. The van der Waals surface area contributed by atoms with E-state index >= 15 is 0 Å². The van der Waals surface area contributed by atoms with Crippen molar-refractivity contribution < 1.29 is 24.2 Å². The first-order chi connectivity index (χ1) is 13.9. The van der Waals surface area contributed by atoms with E-state index in [1.54, 1.807) is 0 Å². The summed E-state index contributed by atoms with van der Waals surface area (Å²) < 4.78 is 11.4. The van der Waals surface area contributed by atoms with Gasteiger partial charge in [0.25, 0.3) is 0 Å². The highest BCUT2D eigenvalue weighted by atomic mass is 16.5. The summed E-state index contributed by atoms with van der Waals surface area (Å²) in [6, 6.07) is 0. The third-order valence-electron chi connectivity index (χ3n) is 4.07. The molecule has 0 spiro atoms. The molecule has 0 bridgehead atoms. The molecule has 0 amide bonds. The molecule has 0 fully saturated rings. The van der Waals surface area contributed by atoms with Crippen LogP contribution in [0.4, 0.5) is 0 Å². The standard InChI is InChI=1S/C18H29N3O8/c1-2-3-5-12-28-14(23)7-9-20-16(25)19-17(26)21(18(20)27)10-8-15(24)29-13-6-4-11-22/h22H,2-13H2,1H3,(H,19,25,26). The molecule has 0 aromatic carbocycles. The van der Waals surface area contributed by atoms with Crippen LogP contribution in [0.5, 0.6) is 0 Å². The van der Waals surface area contributed by atoms with Gasteiger partial charge < -0.3 is 14.6 Å². The summed E-state index contributed by atoms with van der Waals surface area (Å²) in [6.07, 6.45) is 3.23. The molecular weight excluding hydrogens is 386 g/mol. The van der Waals surface area contributed by atoms with Gasteiger partial charge in [-0.05, 0) is 19.3 Å². The fraction of sp³-hybridized carbons (Fsp3) is 0.722. The smallest absolute Gasteiger partial charge is 0.336 e. The molecule has 1 rings (SSSR count). The maximum absolute atomic E-state index is 12.4. The Morgan fingerprint density at radius 1 is 0.862 bits per heavy atom. The zero-order valence-corrected chi connectivity index (χ0v) is 16.7. The zero-order chi connectivity index (χ0) is 21.6. The number of nitrogens with one attached hydrogen (secondary N) is 1. The molecular formula is C18H29N3O8. The van der Waals surface area contributed by atoms with Crippen LogP contribution in [0, 0.1) is 0 Å². The second-order valence-corrected chi connectivity index (χ2v) is 6.40. The number of carbonyl (C=O) groups excluding carboxylic acids is 2. The average Bonchev–Trinajstić information content (AvgIpc) is 2.68. The minimum Gasteiger partial charge on any atom is -0.466 e. The normalized spacial score (nSPS) is 10.7. The minimum absolute atomic E-state index is 0.00382. The lowest BCUT2D eigenvalue weighted by Gasteiger charge is -2.09. The Kier molecular flexibility index (Phi) is 11.3. The van der Waals surface area contributed by atoms with Crippen LogP contribution in [0.2, 0.25) is 0 Å². The number of aromatic amines is 1. The number of aliphatic hydroxyl groups is 1. The van der Waals surface area contributed by atoms with Gasteiger partial charge in [0.2, 0.25) is 0 Å². The van der Waals surface area contributed by atoms with Gasteiger partial charge in [-0.1, -0.05) is 19.8 Å². The van der Waals surface area contributed by atoms with E-state index in [1.165, 1.54) is 0 Å². The highest BCUT2D eigenvalue weighted by Crippen LogP contribution is 1.97. The molecule has 11 nitrogen and oxygen atoms in total. The van der Waals surface area contributed by atoms with Crippen LogP contribution >= 0.6 is 0 Å². The molecule has 0 unspecified atom stereocenters. The first-order valence-electron chi connectivity index (χ1n) is 9.76. The van der Waals surface area contributed by atoms with Crippen molar-refractivity contribution >= 4 is 11.9 Å². The molecule has 1 aromatic heterocycles. The molecule has 1 heterocycles. The van der Waals surface area contributed by atoms with Crippen molar-refractivity contribution in [3.63, 3.8) is 0 Å². The van der Waals surface area contributed by atoms with Crippen LogP contribution in [0.15, 0.2) is 14.4 Å². The Morgan fingerprint density at radius 2 is 1.34 bits per heavy atom. The molecule has 164 valence electrons. The Balaban J connectivity index is 2.66. The lowest BCUT2D eigenvalue weighted by Crippen LogP contribution is -2.49. The van der Waals surface area contributed by atoms with Gasteiger partial charge in [0.05, 0.1) is 26.1 Å². The molecule has 0 aliphatic rings. The number of esters is 2. The summed E-state index contributed by atoms with van der Waals surface area (Å²) in [6.45, 7) is 1.91. The molecule has 0 aliphatic carbocycles. The maximum Gasteiger partial charge on any atom is 0.336 e. The number of nitrogens with zero attached hydrogens (tertiary/aromatic N) is 2. The van der Waals surface area contributed by atoms with Crippen LogP contribution in [-0.4, -0.2) is 51.0 Å². The number of rotatable bonds is 14. The molecule has 29 heavy (non-hydrogen) atoms. The van der Waals surface area contributed by atoms with E-state index in [4.69, 9.17) is 14.6 Å². The van der Waals surface area contributed by atoms with E-state index in [2.05, 4.69) is 0 Å². The van der Waals surface area contributed by atoms with Gasteiger partial charge in [0, 0.05) is 19.7 Å². The molecule has 2 N–H and O–H groups in total. The van der Waals surface area contributed by atoms with Crippen LogP contribution in [-0.2, 0) is 32.2 Å². The molecule has 11 heteroatoms. The van der Waals surface area contributed by atoms with Crippen molar-refractivity contribution in [2.75, 3.05) is 19.8 Å². The van der Waals surface area contributed by atoms with Gasteiger partial charge in [-0.15, -0.1) is 0 Å². The summed E-state index contributed by atoms with van der Waals surface area (Å²) >= 11 is 0. The fourth-order valence-corrected chi connectivity index (χ4v) is 2.43. The molecule has 0 saturated carbocycles. The Hall–Kier alpha value is -2.69. The number of H-pyrrole nitrogens is 1. The van der Waals surface area contributed by atoms with E-state index in [9.17, 15) is 24.0 Å². The number of hydrogen-bond acceptors (Lipinski definition) is 8. The van der Waals surface area contributed by atoms with Gasteiger partial charge >= 0.3 is 29.0 Å². The van der Waals surface area contributed by atoms with Crippen LogP contribution in [0.25, 0.3) is 0 Å². The molecule has 0 radical (unpaired) electrons. The van der Waals surface area contributed by atoms with Crippen molar-refractivity contribution in [3.05, 3.63) is 31.5 Å². The second-order valence-electron chi connectivity index (χ2n) is 6.40. The number of aromatic nitrogens is 3. The van der Waals surface area contributed by atoms with Crippen LogP contribution < -0.4 is 17.1 Å². The van der Waals surface area contributed by atoms with E-state index in [1.807, 2.05) is 11.9 Å². The average molecular weight is 415 g/mol. The number of unbranched alkanes of at least 4 members (excludes halogenated alkanes) is 3. The topological polar surface area (TPSA) is 150 Å². The third kappa shape index (κ3) is 8.90. The van der Waals surface area contributed by atoms with Gasteiger partial charge in [-0.3, -0.25) is 14.6 Å². The van der Waals surface area contributed by atoms with E-state index in [-0.39, 0.29) is 45.8 Å². The number of aliphatic hydroxyl groups excluding tert-OH is 1. The largest absolute Gasteiger partial charge is 0.466 e. The van der Waals surface area contributed by atoms with Gasteiger partial charge in [0.1, 0.15) is 0 Å². The summed E-state index contributed by atoms with van der Waals surface area (Å²) in [5.41, 5.74) is -2.78. The summed E-state index contributed by atoms with van der Waals surface area (Å²) in [7, 11) is 0. The predicted molar refractivity (Wildman–Crippen MR) is 103 cm³/mol. The van der Waals surface area contributed by atoms with Crippen molar-refractivity contribution in [1.82, 2.24) is 14.1 Å². The quantitative estimate of drug-likeness (QED) is 0.306. The Labute approximate surface area is 167 Å². The Bertz CT molecular complexity index is 760. The van der Waals surface area contributed by atoms with Crippen LogP contribution in [0.1, 0.15) is 51.9 Å². The zero-order valence-electron chi connectivity index (χ0n) is 16.7. The van der Waals surface area contributed by atoms with E-state index in [0.717, 1.165) is 23.8 Å².